The summed E-state index contributed by atoms with van der Waals surface area (Å²) in [4.78, 5) is 14.7. The molecule has 0 aromatic heterocycles. The number of amides is 1. The van der Waals surface area contributed by atoms with Crippen molar-refractivity contribution in [3.8, 4) is 11.5 Å². The van der Waals surface area contributed by atoms with Crippen molar-refractivity contribution < 1.29 is 18.7 Å². The van der Waals surface area contributed by atoms with E-state index in [1.54, 1.807) is 38.5 Å². The minimum absolute atomic E-state index is 0.00304. The number of anilines is 1. The quantitative estimate of drug-likeness (QED) is 0.892. The SMILES string of the molecule is COc1cc(OC)cc(C(=O)NC2CCCN(c3cccc(F)c3)C2)c1. The third kappa shape index (κ3) is 4.25. The number of hydrogen-bond donors (Lipinski definition) is 1. The highest BCUT2D eigenvalue weighted by Crippen LogP contribution is 2.24. The summed E-state index contributed by atoms with van der Waals surface area (Å²) in [6.45, 7) is 1.50. The largest absolute Gasteiger partial charge is 0.497 e. The van der Waals surface area contributed by atoms with Gasteiger partial charge in [-0.2, -0.15) is 0 Å². The van der Waals surface area contributed by atoms with Crippen LogP contribution in [0, 0.1) is 5.82 Å². The number of carbonyl (C=O) groups is 1. The smallest absolute Gasteiger partial charge is 0.251 e. The van der Waals surface area contributed by atoms with Gasteiger partial charge >= 0.3 is 0 Å². The molecular weight excluding hydrogens is 335 g/mol. The van der Waals surface area contributed by atoms with Gasteiger partial charge in [0.2, 0.25) is 0 Å². The summed E-state index contributed by atoms with van der Waals surface area (Å²) in [5, 5.41) is 3.07. The van der Waals surface area contributed by atoms with Gasteiger partial charge in [0.05, 0.1) is 14.2 Å². The van der Waals surface area contributed by atoms with Crippen molar-refractivity contribution in [1.82, 2.24) is 5.32 Å². The first-order chi connectivity index (χ1) is 12.6. The van der Waals surface area contributed by atoms with Crippen LogP contribution in [0.15, 0.2) is 42.5 Å². The van der Waals surface area contributed by atoms with Crippen molar-refractivity contribution in [2.75, 3.05) is 32.2 Å². The Hall–Kier alpha value is -2.76. The molecule has 2 aromatic carbocycles. The van der Waals surface area contributed by atoms with Crippen LogP contribution >= 0.6 is 0 Å². The standard InChI is InChI=1S/C20H23FN2O3/c1-25-18-9-14(10-19(12-18)26-2)20(24)22-16-6-4-8-23(13-16)17-7-3-5-15(21)11-17/h3,5,7,9-12,16H,4,6,8,13H2,1-2H3,(H,22,24). The molecule has 0 saturated carbocycles. The van der Waals surface area contributed by atoms with Crippen LogP contribution in [-0.4, -0.2) is 39.3 Å². The summed E-state index contributed by atoms with van der Waals surface area (Å²) < 4.78 is 23.9. The van der Waals surface area contributed by atoms with Gasteiger partial charge in [-0.1, -0.05) is 6.07 Å². The average Bonchev–Trinajstić information content (AvgIpc) is 2.67. The van der Waals surface area contributed by atoms with Gasteiger partial charge in [-0.05, 0) is 43.2 Å². The summed E-state index contributed by atoms with van der Waals surface area (Å²) >= 11 is 0. The third-order valence-electron chi connectivity index (χ3n) is 4.54. The molecule has 1 fully saturated rings. The van der Waals surface area contributed by atoms with E-state index in [-0.39, 0.29) is 17.8 Å². The zero-order chi connectivity index (χ0) is 18.5. The third-order valence-corrected chi connectivity index (χ3v) is 4.54. The van der Waals surface area contributed by atoms with Crippen LogP contribution in [0.1, 0.15) is 23.2 Å². The van der Waals surface area contributed by atoms with Crippen LogP contribution in [0.2, 0.25) is 0 Å². The fourth-order valence-electron chi connectivity index (χ4n) is 3.21. The molecule has 5 nitrogen and oxygen atoms in total. The number of piperidine rings is 1. The van der Waals surface area contributed by atoms with E-state index in [9.17, 15) is 9.18 Å². The van der Waals surface area contributed by atoms with Crippen molar-refractivity contribution >= 4 is 11.6 Å². The van der Waals surface area contributed by atoms with E-state index in [4.69, 9.17) is 9.47 Å². The molecule has 1 aliphatic rings. The summed E-state index contributed by atoms with van der Waals surface area (Å²) in [6, 6.07) is 11.6. The Bertz CT molecular complexity index is 759. The summed E-state index contributed by atoms with van der Waals surface area (Å²) in [6.07, 6.45) is 1.82. The Labute approximate surface area is 152 Å². The number of nitrogens with zero attached hydrogens (tertiary/aromatic N) is 1. The first-order valence-electron chi connectivity index (χ1n) is 8.63. The molecule has 1 atom stereocenters. The highest BCUT2D eigenvalue weighted by Gasteiger charge is 2.23. The molecule has 1 N–H and O–H groups in total. The van der Waals surface area contributed by atoms with Gasteiger partial charge in [0.15, 0.2) is 0 Å². The summed E-state index contributed by atoms with van der Waals surface area (Å²) in [5.74, 6) is 0.712. The lowest BCUT2D eigenvalue weighted by Crippen LogP contribution is -2.47. The Morgan fingerprint density at radius 1 is 1.15 bits per heavy atom. The molecule has 2 aromatic rings. The van der Waals surface area contributed by atoms with Crippen molar-refractivity contribution in [3.05, 3.63) is 53.8 Å². The molecule has 0 aliphatic carbocycles. The molecule has 0 radical (unpaired) electrons. The van der Waals surface area contributed by atoms with E-state index in [0.717, 1.165) is 25.1 Å². The second-order valence-electron chi connectivity index (χ2n) is 6.34. The maximum atomic E-state index is 13.5. The molecular formula is C20H23FN2O3. The van der Waals surface area contributed by atoms with Gasteiger partial charge in [-0.3, -0.25) is 4.79 Å². The zero-order valence-corrected chi connectivity index (χ0v) is 15.0. The van der Waals surface area contributed by atoms with Gasteiger partial charge in [-0.15, -0.1) is 0 Å². The Morgan fingerprint density at radius 2 is 1.88 bits per heavy atom. The van der Waals surface area contributed by atoms with Crippen LogP contribution in [0.4, 0.5) is 10.1 Å². The van der Waals surface area contributed by atoms with Gasteiger partial charge in [0.1, 0.15) is 17.3 Å². The molecule has 1 heterocycles. The van der Waals surface area contributed by atoms with Crippen molar-refractivity contribution in [1.29, 1.82) is 0 Å². The molecule has 26 heavy (non-hydrogen) atoms. The maximum absolute atomic E-state index is 13.5. The molecule has 1 saturated heterocycles. The van der Waals surface area contributed by atoms with E-state index >= 15 is 0 Å². The Kier molecular flexibility index (Phi) is 5.61. The summed E-state index contributed by atoms with van der Waals surface area (Å²) in [5.41, 5.74) is 1.33. The number of rotatable bonds is 5. The molecule has 6 heteroatoms. The van der Waals surface area contributed by atoms with E-state index in [2.05, 4.69) is 10.2 Å². The zero-order valence-electron chi connectivity index (χ0n) is 15.0. The highest BCUT2D eigenvalue weighted by atomic mass is 19.1. The number of hydrogen-bond acceptors (Lipinski definition) is 4. The van der Waals surface area contributed by atoms with Crippen molar-refractivity contribution in [2.45, 2.75) is 18.9 Å². The van der Waals surface area contributed by atoms with Crippen LogP contribution in [-0.2, 0) is 0 Å². The van der Waals surface area contributed by atoms with Gasteiger partial charge in [0, 0.05) is 36.4 Å². The normalized spacial score (nSPS) is 16.9. The Morgan fingerprint density at radius 3 is 2.54 bits per heavy atom. The highest BCUT2D eigenvalue weighted by molar-refractivity contribution is 5.95. The van der Waals surface area contributed by atoms with Crippen molar-refractivity contribution in [3.63, 3.8) is 0 Å². The van der Waals surface area contributed by atoms with Crippen LogP contribution in [0.25, 0.3) is 0 Å². The lowest BCUT2D eigenvalue weighted by Gasteiger charge is -2.34. The predicted molar refractivity (Wildman–Crippen MR) is 98.6 cm³/mol. The number of carbonyl (C=O) groups excluding carboxylic acids is 1. The van der Waals surface area contributed by atoms with Gasteiger partial charge in [-0.25, -0.2) is 4.39 Å². The fraction of sp³-hybridized carbons (Fsp3) is 0.350. The number of ether oxygens (including phenoxy) is 2. The molecule has 0 bridgehead atoms. The van der Waals surface area contributed by atoms with Crippen molar-refractivity contribution in [2.24, 2.45) is 0 Å². The molecule has 1 amide bonds. The van der Waals surface area contributed by atoms with Gasteiger partial charge < -0.3 is 19.7 Å². The van der Waals surface area contributed by atoms with E-state index in [1.165, 1.54) is 12.1 Å². The van der Waals surface area contributed by atoms with Gasteiger partial charge in [0.25, 0.3) is 5.91 Å². The molecule has 3 rings (SSSR count). The molecule has 0 spiro atoms. The minimum atomic E-state index is -0.253. The second kappa shape index (κ2) is 8.08. The predicted octanol–water partition coefficient (Wildman–Crippen LogP) is 3.24. The average molecular weight is 358 g/mol. The maximum Gasteiger partial charge on any atom is 0.251 e. The molecule has 138 valence electrons. The second-order valence-corrected chi connectivity index (χ2v) is 6.34. The molecule has 1 aliphatic heterocycles. The number of nitrogens with one attached hydrogen (secondary N) is 1. The van der Waals surface area contributed by atoms with E-state index in [1.807, 2.05) is 6.07 Å². The number of halogens is 1. The van der Waals surface area contributed by atoms with Crippen LogP contribution in [0.5, 0.6) is 11.5 Å². The monoisotopic (exact) mass is 358 g/mol. The Balaban J connectivity index is 1.69. The van der Waals surface area contributed by atoms with E-state index < -0.39 is 0 Å². The fourth-order valence-corrected chi connectivity index (χ4v) is 3.21. The first kappa shape index (κ1) is 18.0. The number of methoxy groups -OCH3 is 2. The minimum Gasteiger partial charge on any atom is -0.497 e. The number of benzene rings is 2. The topological polar surface area (TPSA) is 50.8 Å². The van der Waals surface area contributed by atoms with E-state index in [0.29, 0.717) is 23.6 Å². The molecule has 1 unspecified atom stereocenters. The first-order valence-corrected chi connectivity index (χ1v) is 8.63. The van der Waals surface area contributed by atoms with Crippen LogP contribution < -0.4 is 19.7 Å². The lowest BCUT2D eigenvalue weighted by molar-refractivity contribution is 0.0932. The lowest BCUT2D eigenvalue weighted by atomic mass is 10.0. The summed E-state index contributed by atoms with van der Waals surface area (Å²) in [7, 11) is 3.10. The van der Waals surface area contributed by atoms with Crippen LogP contribution in [0.3, 0.4) is 0 Å².